The second-order valence-electron chi connectivity index (χ2n) is 6.99. The Morgan fingerprint density at radius 1 is 0.969 bits per heavy atom. The smallest absolute Gasteiger partial charge is 0.267 e. The maximum Gasteiger partial charge on any atom is 0.267 e. The van der Waals surface area contributed by atoms with E-state index in [1.54, 1.807) is 11.3 Å². The van der Waals surface area contributed by atoms with Gasteiger partial charge in [-0.1, -0.05) is 12.1 Å². The molecule has 1 N–H and O–H groups in total. The van der Waals surface area contributed by atoms with Crippen molar-refractivity contribution in [2.75, 3.05) is 11.9 Å². The standard InChI is InChI=1S/C24H19N3O2S3/c1-3-29-16-10-8-15(9-11-16)21-14(2)30-24(26-21)27-22(28)19-12-13-20(31-19)23-25-17-6-4-5-7-18(17)32-23/h4-13H,3H2,1-2H3,(H,26,27,28). The molecule has 5 rings (SSSR count). The van der Waals surface area contributed by atoms with Crippen LogP contribution in [0.3, 0.4) is 0 Å². The maximum atomic E-state index is 12.8. The lowest BCUT2D eigenvalue weighted by atomic mass is 10.1. The van der Waals surface area contributed by atoms with Gasteiger partial charge in [-0.05, 0) is 62.4 Å². The summed E-state index contributed by atoms with van der Waals surface area (Å²) in [7, 11) is 0. The molecule has 160 valence electrons. The zero-order chi connectivity index (χ0) is 22.1. The average molecular weight is 478 g/mol. The van der Waals surface area contributed by atoms with E-state index in [0.29, 0.717) is 16.6 Å². The van der Waals surface area contributed by atoms with Crippen LogP contribution in [0.5, 0.6) is 5.75 Å². The van der Waals surface area contributed by atoms with Crippen LogP contribution in [0, 0.1) is 6.92 Å². The molecule has 32 heavy (non-hydrogen) atoms. The highest BCUT2D eigenvalue weighted by Crippen LogP contribution is 2.35. The fourth-order valence-corrected chi connectivity index (χ4v) is 6.06. The predicted octanol–water partition coefficient (Wildman–Crippen LogP) is 7.11. The number of benzene rings is 2. The lowest BCUT2D eigenvalue weighted by molar-refractivity contribution is 0.103. The number of fused-ring (bicyclic) bond motifs is 1. The van der Waals surface area contributed by atoms with Crippen LogP contribution in [0.1, 0.15) is 21.5 Å². The van der Waals surface area contributed by atoms with E-state index in [1.807, 2.05) is 68.4 Å². The van der Waals surface area contributed by atoms with Crippen LogP contribution >= 0.6 is 34.0 Å². The van der Waals surface area contributed by atoms with E-state index >= 15 is 0 Å². The van der Waals surface area contributed by atoms with Crippen LogP contribution in [0.2, 0.25) is 0 Å². The summed E-state index contributed by atoms with van der Waals surface area (Å²) in [6.07, 6.45) is 0. The van der Waals surface area contributed by atoms with Crippen LogP contribution in [-0.2, 0) is 0 Å². The fourth-order valence-electron chi connectivity index (χ4n) is 3.30. The molecule has 0 radical (unpaired) electrons. The molecule has 3 aromatic heterocycles. The maximum absolute atomic E-state index is 12.8. The summed E-state index contributed by atoms with van der Waals surface area (Å²) >= 11 is 4.55. The van der Waals surface area contributed by atoms with E-state index in [2.05, 4.69) is 21.4 Å². The second kappa shape index (κ2) is 8.82. The molecule has 1 amide bonds. The molecule has 0 spiro atoms. The molecule has 0 aliphatic rings. The Morgan fingerprint density at radius 2 is 1.78 bits per heavy atom. The molecule has 0 bridgehead atoms. The summed E-state index contributed by atoms with van der Waals surface area (Å²) in [6, 6.07) is 19.7. The molecule has 5 nitrogen and oxygen atoms in total. The molecule has 3 heterocycles. The highest BCUT2D eigenvalue weighted by atomic mass is 32.1. The summed E-state index contributed by atoms with van der Waals surface area (Å²) in [5.41, 5.74) is 2.85. The zero-order valence-electron chi connectivity index (χ0n) is 17.4. The quantitative estimate of drug-likeness (QED) is 0.283. The number of ether oxygens (including phenoxy) is 1. The Balaban J connectivity index is 1.33. The highest BCUT2D eigenvalue weighted by Gasteiger charge is 2.16. The Labute approximate surface area is 197 Å². The van der Waals surface area contributed by atoms with Crippen molar-refractivity contribution in [3.63, 3.8) is 0 Å². The Bertz CT molecular complexity index is 1370. The molecular weight excluding hydrogens is 458 g/mol. The van der Waals surface area contributed by atoms with Crippen molar-refractivity contribution < 1.29 is 9.53 Å². The van der Waals surface area contributed by atoms with Crippen LogP contribution in [0.25, 0.3) is 31.4 Å². The highest BCUT2D eigenvalue weighted by molar-refractivity contribution is 7.26. The number of hydrogen-bond donors (Lipinski definition) is 1. The van der Waals surface area contributed by atoms with Crippen LogP contribution in [-0.4, -0.2) is 22.5 Å². The van der Waals surface area contributed by atoms with Gasteiger partial charge < -0.3 is 4.74 Å². The molecule has 2 aromatic carbocycles. The third-order valence-corrected chi connectivity index (χ3v) is 7.97. The van der Waals surface area contributed by atoms with Crippen molar-refractivity contribution >= 4 is 55.3 Å². The number of thiophene rings is 1. The monoisotopic (exact) mass is 477 g/mol. The first kappa shape index (κ1) is 20.8. The van der Waals surface area contributed by atoms with Gasteiger partial charge in [-0.25, -0.2) is 9.97 Å². The Kier molecular flexibility index (Phi) is 5.73. The van der Waals surface area contributed by atoms with Crippen LogP contribution in [0.4, 0.5) is 5.13 Å². The molecule has 8 heteroatoms. The van der Waals surface area contributed by atoms with Gasteiger partial charge in [-0.2, -0.15) is 0 Å². The number of aryl methyl sites for hydroxylation is 1. The Morgan fingerprint density at radius 3 is 2.56 bits per heavy atom. The second-order valence-corrected chi connectivity index (χ2v) is 10.3. The SMILES string of the molecule is CCOc1ccc(-c2nc(NC(=O)c3ccc(-c4nc5ccccc5s4)s3)sc2C)cc1. The third-order valence-electron chi connectivity index (χ3n) is 4.79. The largest absolute Gasteiger partial charge is 0.494 e. The van der Waals surface area contributed by atoms with E-state index in [9.17, 15) is 4.79 Å². The lowest BCUT2D eigenvalue weighted by Gasteiger charge is -2.04. The zero-order valence-corrected chi connectivity index (χ0v) is 19.9. The van der Waals surface area contributed by atoms with Crippen LogP contribution < -0.4 is 10.1 Å². The first-order valence-electron chi connectivity index (χ1n) is 10.1. The molecule has 0 saturated heterocycles. The summed E-state index contributed by atoms with van der Waals surface area (Å²) in [6.45, 7) is 4.60. The van der Waals surface area contributed by atoms with Crippen LogP contribution in [0.15, 0.2) is 60.7 Å². The number of hydrogen-bond acceptors (Lipinski definition) is 7. The van der Waals surface area contributed by atoms with Crippen molar-refractivity contribution in [2.45, 2.75) is 13.8 Å². The van der Waals surface area contributed by atoms with Crippen molar-refractivity contribution in [1.29, 1.82) is 0 Å². The van der Waals surface area contributed by atoms with Gasteiger partial charge in [0.15, 0.2) is 5.13 Å². The van der Waals surface area contributed by atoms with Crippen molar-refractivity contribution in [1.82, 2.24) is 9.97 Å². The molecular formula is C24H19N3O2S3. The minimum atomic E-state index is -0.158. The predicted molar refractivity (Wildman–Crippen MR) is 134 cm³/mol. The topological polar surface area (TPSA) is 64.1 Å². The van der Waals surface area contributed by atoms with Gasteiger partial charge in [-0.15, -0.1) is 34.0 Å². The number of anilines is 1. The molecule has 0 aliphatic heterocycles. The summed E-state index contributed by atoms with van der Waals surface area (Å²) in [4.78, 5) is 24.8. The van der Waals surface area contributed by atoms with Gasteiger partial charge in [0.25, 0.3) is 5.91 Å². The van der Waals surface area contributed by atoms with Gasteiger partial charge in [0.05, 0.1) is 32.3 Å². The van der Waals surface area contributed by atoms with E-state index < -0.39 is 0 Å². The fraction of sp³-hybridized carbons (Fsp3) is 0.125. The Hall–Kier alpha value is -3.07. The van der Waals surface area contributed by atoms with Gasteiger partial charge >= 0.3 is 0 Å². The van der Waals surface area contributed by atoms with Crippen molar-refractivity contribution in [3.05, 3.63) is 70.4 Å². The number of nitrogens with one attached hydrogen (secondary N) is 1. The number of nitrogens with zero attached hydrogens (tertiary/aromatic N) is 2. The summed E-state index contributed by atoms with van der Waals surface area (Å²) in [5, 5.41) is 4.47. The van der Waals surface area contributed by atoms with E-state index in [0.717, 1.165) is 42.0 Å². The number of aromatic nitrogens is 2. The normalized spacial score (nSPS) is 11.1. The average Bonchev–Trinajstić information content (AvgIpc) is 3.52. The van der Waals surface area contributed by atoms with Gasteiger partial charge in [0.1, 0.15) is 10.8 Å². The number of para-hydroxylation sites is 1. The third kappa shape index (κ3) is 4.17. The number of carbonyl (C=O) groups is 1. The van der Waals surface area contributed by atoms with Crippen molar-refractivity contribution in [3.8, 4) is 26.9 Å². The van der Waals surface area contributed by atoms with E-state index in [1.165, 1.54) is 22.7 Å². The lowest BCUT2D eigenvalue weighted by Crippen LogP contribution is -2.09. The van der Waals surface area contributed by atoms with Gasteiger partial charge in [0.2, 0.25) is 0 Å². The molecule has 0 fully saturated rings. The summed E-state index contributed by atoms with van der Waals surface area (Å²) < 4.78 is 6.65. The molecule has 5 aromatic rings. The minimum Gasteiger partial charge on any atom is -0.494 e. The van der Waals surface area contributed by atoms with E-state index in [-0.39, 0.29) is 5.91 Å². The molecule has 0 saturated carbocycles. The minimum absolute atomic E-state index is 0.158. The van der Waals surface area contributed by atoms with E-state index in [4.69, 9.17) is 4.74 Å². The van der Waals surface area contributed by atoms with Gasteiger partial charge in [-0.3, -0.25) is 10.1 Å². The van der Waals surface area contributed by atoms with Gasteiger partial charge in [0, 0.05) is 10.4 Å². The first-order valence-corrected chi connectivity index (χ1v) is 12.5. The number of thiazole rings is 2. The number of carbonyl (C=O) groups excluding carboxylic acids is 1. The number of amides is 1. The first-order chi connectivity index (χ1) is 15.6. The molecule has 0 aliphatic carbocycles. The number of rotatable bonds is 6. The summed E-state index contributed by atoms with van der Waals surface area (Å²) in [5.74, 6) is 0.675. The molecule has 0 unspecified atom stereocenters. The molecule has 0 atom stereocenters. The van der Waals surface area contributed by atoms with Crippen molar-refractivity contribution in [2.24, 2.45) is 0 Å².